The van der Waals surface area contributed by atoms with Crippen molar-refractivity contribution in [1.82, 2.24) is 4.98 Å². The van der Waals surface area contributed by atoms with Crippen LogP contribution >= 0.6 is 0 Å². The quantitative estimate of drug-likeness (QED) is 0.802. The van der Waals surface area contributed by atoms with Gasteiger partial charge in [-0.05, 0) is 37.4 Å². The fourth-order valence-corrected chi connectivity index (χ4v) is 2.27. The molecule has 4 heteroatoms. The van der Waals surface area contributed by atoms with E-state index in [9.17, 15) is 0 Å². The Morgan fingerprint density at radius 1 is 1.50 bits per heavy atom. The predicted octanol–water partition coefficient (Wildman–Crippen LogP) is 1.49. The van der Waals surface area contributed by atoms with Crippen molar-refractivity contribution in [2.45, 2.75) is 25.3 Å². The number of rotatable bonds is 3. The first kappa shape index (κ1) is 10.9. The molecule has 1 aliphatic carbocycles. The van der Waals surface area contributed by atoms with E-state index >= 15 is 0 Å². The van der Waals surface area contributed by atoms with Gasteiger partial charge in [0.25, 0.3) is 0 Å². The summed E-state index contributed by atoms with van der Waals surface area (Å²) in [5, 5.41) is 12.1. The van der Waals surface area contributed by atoms with Crippen molar-refractivity contribution in [2.24, 2.45) is 11.7 Å². The third-order valence-corrected chi connectivity index (χ3v) is 3.19. The lowest BCUT2D eigenvalue weighted by Crippen LogP contribution is -2.29. The summed E-state index contributed by atoms with van der Waals surface area (Å²) in [6.45, 7) is 0.737. The summed E-state index contributed by atoms with van der Waals surface area (Å²) in [5.74, 6) is 0.565. The summed E-state index contributed by atoms with van der Waals surface area (Å²) in [6.07, 6.45) is 5.33. The van der Waals surface area contributed by atoms with Gasteiger partial charge in [-0.25, -0.2) is 4.98 Å². The molecule has 1 aliphatic rings. The number of anilines is 1. The Labute approximate surface area is 95.5 Å². The van der Waals surface area contributed by atoms with Gasteiger partial charge in [-0.2, -0.15) is 5.26 Å². The predicted molar refractivity (Wildman–Crippen MR) is 62.8 cm³/mol. The van der Waals surface area contributed by atoms with Crippen LogP contribution < -0.4 is 11.1 Å². The van der Waals surface area contributed by atoms with Gasteiger partial charge in [-0.3, -0.25) is 0 Å². The SMILES string of the molecule is N#Cc1ccc(NC2CCCC2CN)cn1. The van der Waals surface area contributed by atoms with Gasteiger partial charge in [-0.15, -0.1) is 0 Å². The molecule has 0 bridgehead atoms. The maximum absolute atomic E-state index is 8.64. The smallest absolute Gasteiger partial charge is 0.140 e. The molecule has 0 saturated heterocycles. The van der Waals surface area contributed by atoms with Gasteiger partial charge in [0.15, 0.2) is 0 Å². The zero-order chi connectivity index (χ0) is 11.4. The number of nitrogens with two attached hydrogens (primary N) is 1. The molecule has 16 heavy (non-hydrogen) atoms. The van der Waals surface area contributed by atoms with Crippen molar-refractivity contribution >= 4 is 5.69 Å². The Kier molecular flexibility index (Phi) is 3.37. The minimum absolute atomic E-state index is 0.451. The van der Waals surface area contributed by atoms with Crippen LogP contribution in [0.5, 0.6) is 0 Å². The van der Waals surface area contributed by atoms with E-state index in [1.54, 1.807) is 12.3 Å². The van der Waals surface area contributed by atoms with Crippen molar-refractivity contribution < 1.29 is 0 Å². The second kappa shape index (κ2) is 4.95. The molecule has 1 heterocycles. The highest BCUT2D eigenvalue weighted by molar-refractivity contribution is 5.43. The summed E-state index contributed by atoms with van der Waals surface area (Å²) in [4.78, 5) is 4.04. The van der Waals surface area contributed by atoms with E-state index in [1.807, 2.05) is 12.1 Å². The van der Waals surface area contributed by atoms with E-state index in [0.29, 0.717) is 17.7 Å². The van der Waals surface area contributed by atoms with E-state index in [0.717, 1.165) is 12.2 Å². The highest BCUT2D eigenvalue weighted by Gasteiger charge is 2.25. The zero-order valence-corrected chi connectivity index (χ0v) is 9.19. The lowest BCUT2D eigenvalue weighted by molar-refractivity contribution is 0.516. The van der Waals surface area contributed by atoms with Gasteiger partial charge < -0.3 is 11.1 Å². The first-order chi connectivity index (χ1) is 7.83. The Morgan fingerprint density at radius 3 is 3.00 bits per heavy atom. The van der Waals surface area contributed by atoms with Crippen LogP contribution in [-0.2, 0) is 0 Å². The number of nitrogens with one attached hydrogen (secondary N) is 1. The lowest BCUT2D eigenvalue weighted by atomic mass is 10.0. The van der Waals surface area contributed by atoms with E-state index in [1.165, 1.54) is 19.3 Å². The van der Waals surface area contributed by atoms with Gasteiger partial charge in [0, 0.05) is 6.04 Å². The van der Waals surface area contributed by atoms with Crippen LogP contribution in [0.3, 0.4) is 0 Å². The van der Waals surface area contributed by atoms with Crippen LogP contribution in [0.4, 0.5) is 5.69 Å². The van der Waals surface area contributed by atoms with Gasteiger partial charge >= 0.3 is 0 Å². The van der Waals surface area contributed by atoms with Gasteiger partial charge in [0.05, 0.1) is 11.9 Å². The van der Waals surface area contributed by atoms with Crippen molar-refractivity contribution in [1.29, 1.82) is 5.26 Å². The van der Waals surface area contributed by atoms with E-state index in [4.69, 9.17) is 11.0 Å². The number of hydrogen-bond acceptors (Lipinski definition) is 4. The summed E-state index contributed by atoms with van der Waals surface area (Å²) >= 11 is 0. The molecule has 0 aliphatic heterocycles. The Bertz CT molecular complexity index is 379. The number of hydrogen-bond donors (Lipinski definition) is 2. The second-order valence-corrected chi connectivity index (χ2v) is 4.22. The highest BCUT2D eigenvalue weighted by Crippen LogP contribution is 2.27. The summed E-state index contributed by atoms with van der Waals surface area (Å²) in [7, 11) is 0. The fraction of sp³-hybridized carbons (Fsp3) is 0.500. The molecule has 84 valence electrons. The van der Waals surface area contributed by atoms with Gasteiger partial charge in [-0.1, -0.05) is 6.42 Å². The monoisotopic (exact) mass is 216 g/mol. The molecule has 2 rings (SSSR count). The number of nitriles is 1. The molecule has 0 spiro atoms. The maximum Gasteiger partial charge on any atom is 0.140 e. The van der Waals surface area contributed by atoms with E-state index in [-0.39, 0.29) is 0 Å². The molecule has 1 fully saturated rings. The molecular weight excluding hydrogens is 200 g/mol. The largest absolute Gasteiger partial charge is 0.381 e. The molecule has 2 unspecified atom stereocenters. The van der Waals surface area contributed by atoms with Crippen LogP contribution in [0.2, 0.25) is 0 Å². The average molecular weight is 216 g/mol. The van der Waals surface area contributed by atoms with Crippen molar-refractivity contribution in [2.75, 3.05) is 11.9 Å². The molecular formula is C12H16N4. The standard InChI is InChI=1S/C12H16N4/c13-6-9-2-1-3-12(9)16-11-5-4-10(7-14)15-8-11/h4-5,8-9,12,16H,1-3,6,13H2. The Hall–Kier alpha value is -1.60. The van der Waals surface area contributed by atoms with Crippen LogP contribution in [0.1, 0.15) is 25.0 Å². The molecule has 3 N–H and O–H groups in total. The summed E-state index contributed by atoms with van der Waals surface area (Å²) in [5.41, 5.74) is 7.15. The van der Waals surface area contributed by atoms with E-state index < -0.39 is 0 Å². The third kappa shape index (κ3) is 2.31. The van der Waals surface area contributed by atoms with Crippen LogP contribution in [0.15, 0.2) is 18.3 Å². The molecule has 4 nitrogen and oxygen atoms in total. The van der Waals surface area contributed by atoms with Crippen molar-refractivity contribution in [3.63, 3.8) is 0 Å². The summed E-state index contributed by atoms with van der Waals surface area (Å²) in [6, 6.07) is 6.10. The number of aromatic nitrogens is 1. The van der Waals surface area contributed by atoms with Crippen LogP contribution in [0, 0.1) is 17.2 Å². The Balaban J connectivity index is 2.00. The number of pyridine rings is 1. The molecule has 1 aromatic heterocycles. The normalized spacial score (nSPS) is 24.0. The van der Waals surface area contributed by atoms with Crippen LogP contribution in [0.25, 0.3) is 0 Å². The average Bonchev–Trinajstić information content (AvgIpc) is 2.77. The summed E-state index contributed by atoms with van der Waals surface area (Å²) < 4.78 is 0. The highest BCUT2D eigenvalue weighted by atomic mass is 14.9. The van der Waals surface area contributed by atoms with Crippen molar-refractivity contribution in [3.05, 3.63) is 24.0 Å². The second-order valence-electron chi connectivity index (χ2n) is 4.22. The zero-order valence-electron chi connectivity index (χ0n) is 9.19. The maximum atomic E-state index is 8.64. The molecule has 2 atom stereocenters. The molecule has 1 aromatic rings. The molecule has 0 aromatic carbocycles. The molecule has 1 saturated carbocycles. The van der Waals surface area contributed by atoms with Crippen LogP contribution in [-0.4, -0.2) is 17.6 Å². The van der Waals surface area contributed by atoms with E-state index in [2.05, 4.69) is 10.3 Å². The first-order valence-corrected chi connectivity index (χ1v) is 5.66. The van der Waals surface area contributed by atoms with Gasteiger partial charge in [0.2, 0.25) is 0 Å². The first-order valence-electron chi connectivity index (χ1n) is 5.66. The molecule has 0 amide bonds. The number of nitrogens with zero attached hydrogens (tertiary/aromatic N) is 2. The van der Waals surface area contributed by atoms with Crippen molar-refractivity contribution in [3.8, 4) is 6.07 Å². The Morgan fingerprint density at radius 2 is 2.38 bits per heavy atom. The minimum atomic E-state index is 0.451. The molecule has 0 radical (unpaired) electrons. The third-order valence-electron chi connectivity index (χ3n) is 3.19. The lowest BCUT2D eigenvalue weighted by Gasteiger charge is -2.20. The fourth-order valence-electron chi connectivity index (χ4n) is 2.27. The minimum Gasteiger partial charge on any atom is -0.381 e. The topological polar surface area (TPSA) is 74.7 Å². The van der Waals surface area contributed by atoms with Gasteiger partial charge in [0.1, 0.15) is 11.8 Å².